The predicted octanol–water partition coefficient (Wildman–Crippen LogP) is 2.24. The summed E-state index contributed by atoms with van der Waals surface area (Å²) in [5.74, 6) is -1.86. The summed E-state index contributed by atoms with van der Waals surface area (Å²) in [5.41, 5.74) is 5.07. The molecule has 4 rings (SSSR count). The molecule has 1 fully saturated rings. The van der Waals surface area contributed by atoms with Crippen molar-refractivity contribution in [1.29, 1.82) is 0 Å². The van der Waals surface area contributed by atoms with Crippen LogP contribution in [0.15, 0.2) is 72.8 Å². The Morgan fingerprint density at radius 3 is 2.00 bits per heavy atom. The maximum atomic E-state index is 13.2. The van der Waals surface area contributed by atoms with Gasteiger partial charge in [0.25, 0.3) is 11.8 Å². The lowest BCUT2D eigenvalue weighted by Crippen LogP contribution is -2.51. The highest BCUT2D eigenvalue weighted by molar-refractivity contribution is 5.98. The number of nitrogens with zero attached hydrogens (tertiary/aromatic N) is 2. The molecule has 0 unspecified atom stereocenters. The van der Waals surface area contributed by atoms with Gasteiger partial charge in [-0.05, 0) is 66.6 Å². The van der Waals surface area contributed by atoms with E-state index >= 15 is 0 Å². The van der Waals surface area contributed by atoms with Crippen molar-refractivity contribution < 1.29 is 29.1 Å². The van der Waals surface area contributed by atoms with Gasteiger partial charge >= 0.3 is 0 Å². The number of amides is 3. The third kappa shape index (κ3) is 7.41. The fourth-order valence-electron chi connectivity index (χ4n) is 4.48. The molecule has 1 heterocycles. The van der Waals surface area contributed by atoms with Crippen molar-refractivity contribution in [2.24, 2.45) is 0 Å². The van der Waals surface area contributed by atoms with Crippen LogP contribution in [-0.2, 0) is 9.59 Å². The van der Waals surface area contributed by atoms with Crippen LogP contribution in [0.1, 0.15) is 17.3 Å². The number of halogens is 1. The summed E-state index contributed by atoms with van der Waals surface area (Å²) < 4.78 is 13.2. The second kappa shape index (κ2) is 13.2. The number of aliphatic hydroxyl groups is 1. The Bertz CT molecular complexity index is 1310. The summed E-state index contributed by atoms with van der Waals surface area (Å²) in [7, 11) is 0. The molecular formula is C29H32FN5O5. The number of aliphatic hydroxyl groups excluding tert-OH is 1. The first-order chi connectivity index (χ1) is 19.2. The maximum Gasteiger partial charge on any atom is 0.268 e. The van der Waals surface area contributed by atoms with Gasteiger partial charge in [-0.25, -0.2) is 9.87 Å². The highest BCUT2D eigenvalue weighted by Gasteiger charge is 2.26. The zero-order valence-corrected chi connectivity index (χ0v) is 22.0. The van der Waals surface area contributed by atoms with Crippen LogP contribution in [0, 0.1) is 5.82 Å². The lowest BCUT2D eigenvalue weighted by Gasteiger charge is -2.35. The second-order valence-electron chi connectivity index (χ2n) is 9.61. The van der Waals surface area contributed by atoms with Crippen molar-refractivity contribution >= 4 is 29.1 Å². The molecule has 0 radical (unpaired) electrons. The monoisotopic (exact) mass is 549 g/mol. The van der Waals surface area contributed by atoms with Gasteiger partial charge in [-0.15, -0.1) is 0 Å². The van der Waals surface area contributed by atoms with E-state index in [1.165, 1.54) is 24.5 Å². The fourth-order valence-corrected chi connectivity index (χ4v) is 4.48. The third-order valence-corrected chi connectivity index (χ3v) is 6.74. The molecule has 1 aliphatic rings. The van der Waals surface area contributed by atoms with Crippen LogP contribution in [0.25, 0.3) is 11.1 Å². The molecule has 0 aromatic heterocycles. The molecule has 1 saturated heterocycles. The Morgan fingerprint density at radius 1 is 0.875 bits per heavy atom. The van der Waals surface area contributed by atoms with Crippen LogP contribution in [-0.4, -0.2) is 77.8 Å². The summed E-state index contributed by atoms with van der Waals surface area (Å²) in [4.78, 5) is 41.0. The molecule has 0 bridgehead atoms. The van der Waals surface area contributed by atoms with Gasteiger partial charge in [0.1, 0.15) is 11.9 Å². The Balaban J connectivity index is 1.27. The molecule has 5 N–H and O–H groups in total. The van der Waals surface area contributed by atoms with Gasteiger partial charge in [0.2, 0.25) is 5.91 Å². The van der Waals surface area contributed by atoms with E-state index in [1.807, 2.05) is 12.1 Å². The number of carbonyl (C=O) groups excluding carboxylic acids is 3. The predicted molar refractivity (Wildman–Crippen MR) is 148 cm³/mol. The van der Waals surface area contributed by atoms with Gasteiger partial charge in [-0.3, -0.25) is 24.5 Å². The minimum absolute atomic E-state index is 0.108. The first-order valence-corrected chi connectivity index (χ1v) is 12.9. The number of anilines is 2. The van der Waals surface area contributed by atoms with Crippen LogP contribution >= 0.6 is 0 Å². The molecule has 0 saturated carbocycles. The number of hydrogen-bond acceptors (Lipinski definition) is 7. The van der Waals surface area contributed by atoms with Crippen molar-refractivity contribution in [3.63, 3.8) is 0 Å². The van der Waals surface area contributed by atoms with Crippen molar-refractivity contribution in [2.45, 2.75) is 19.1 Å². The molecule has 1 aliphatic heterocycles. The highest BCUT2D eigenvalue weighted by atomic mass is 19.1. The van der Waals surface area contributed by atoms with Crippen molar-refractivity contribution in [3.8, 4) is 11.1 Å². The average Bonchev–Trinajstić information content (AvgIpc) is 2.96. The zero-order valence-electron chi connectivity index (χ0n) is 22.0. The molecule has 0 aliphatic carbocycles. The standard InChI is InChI=1S/C29H32FN5O5/c1-19(36)27(29(39)33-40)32-28(38)22-4-2-20(3-5-22)21-6-10-24(11-7-21)31-26(37)18-34-14-16-35(17-15-34)25-12-8-23(30)9-13-25/h2-13,19,27,36,40H,14-18H2,1H3,(H,31,37)(H,32,38)(H,33,39)/t19-,27+/m1/s1. The molecule has 3 aromatic carbocycles. The molecule has 3 amide bonds. The van der Waals surface area contributed by atoms with Gasteiger partial charge < -0.3 is 20.6 Å². The average molecular weight is 550 g/mol. The van der Waals surface area contributed by atoms with Gasteiger partial charge in [0, 0.05) is 43.1 Å². The Kier molecular flexibility index (Phi) is 9.43. The molecular weight excluding hydrogens is 517 g/mol. The van der Waals surface area contributed by atoms with Crippen molar-refractivity contribution in [2.75, 3.05) is 42.9 Å². The SMILES string of the molecule is C[C@@H](O)[C@H](NC(=O)c1ccc(-c2ccc(NC(=O)CN3CCN(c4ccc(F)cc4)CC3)cc2)cc1)C(=O)NO. The van der Waals surface area contributed by atoms with E-state index in [4.69, 9.17) is 5.21 Å². The Labute approximate surface area is 231 Å². The third-order valence-electron chi connectivity index (χ3n) is 6.74. The van der Waals surface area contributed by atoms with Crippen LogP contribution in [0.2, 0.25) is 0 Å². The normalized spacial score (nSPS) is 15.2. The topological polar surface area (TPSA) is 134 Å². The number of hydrogen-bond donors (Lipinski definition) is 5. The van der Waals surface area contributed by atoms with Crippen LogP contribution < -0.4 is 21.0 Å². The molecule has 3 aromatic rings. The number of carbonyl (C=O) groups is 3. The number of piperazine rings is 1. The smallest absolute Gasteiger partial charge is 0.268 e. The molecule has 210 valence electrons. The Hall–Kier alpha value is -4.32. The second-order valence-corrected chi connectivity index (χ2v) is 9.61. The number of nitrogens with one attached hydrogen (secondary N) is 3. The number of rotatable bonds is 9. The number of hydroxylamine groups is 1. The quantitative estimate of drug-likeness (QED) is 0.204. The van der Waals surface area contributed by atoms with E-state index in [0.29, 0.717) is 5.69 Å². The van der Waals surface area contributed by atoms with Crippen LogP contribution in [0.4, 0.5) is 15.8 Å². The summed E-state index contributed by atoms with van der Waals surface area (Å²) in [6, 6.07) is 19.1. The van der Waals surface area contributed by atoms with Gasteiger partial charge in [-0.2, -0.15) is 0 Å². The largest absolute Gasteiger partial charge is 0.391 e. The zero-order chi connectivity index (χ0) is 28.6. The molecule has 10 nitrogen and oxygen atoms in total. The summed E-state index contributed by atoms with van der Waals surface area (Å²) in [6.07, 6.45) is -1.20. The van der Waals surface area contributed by atoms with E-state index in [9.17, 15) is 23.9 Å². The summed E-state index contributed by atoms with van der Waals surface area (Å²) in [5, 5.41) is 23.8. The van der Waals surface area contributed by atoms with Gasteiger partial charge in [0.05, 0.1) is 12.6 Å². The van der Waals surface area contributed by atoms with E-state index in [-0.39, 0.29) is 23.8 Å². The first-order valence-electron chi connectivity index (χ1n) is 12.9. The van der Waals surface area contributed by atoms with E-state index in [2.05, 4.69) is 20.4 Å². The van der Waals surface area contributed by atoms with E-state index in [0.717, 1.165) is 43.0 Å². The lowest BCUT2D eigenvalue weighted by atomic mass is 10.0. The van der Waals surface area contributed by atoms with E-state index < -0.39 is 24.0 Å². The van der Waals surface area contributed by atoms with E-state index in [1.54, 1.807) is 48.5 Å². The van der Waals surface area contributed by atoms with Gasteiger partial charge in [-0.1, -0.05) is 24.3 Å². The highest BCUT2D eigenvalue weighted by Crippen LogP contribution is 2.22. The minimum atomic E-state index is -1.30. The van der Waals surface area contributed by atoms with Crippen LogP contribution in [0.3, 0.4) is 0 Å². The molecule has 0 spiro atoms. The maximum absolute atomic E-state index is 13.2. The summed E-state index contributed by atoms with van der Waals surface area (Å²) >= 11 is 0. The molecule has 40 heavy (non-hydrogen) atoms. The fraction of sp³-hybridized carbons (Fsp3) is 0.276. The molecule has 11 heteroatoms. The van der Waals surface area contributed by atoms with Gasteiger partial charge in [0.15, 0.2) is 0 Å². The first kappa shape index (κ1) is 28.7. The lowest BCUT2D eigenvalue weighted by molar-refractivity contribution is -0.133. The minimum Gasteiger partial charge on any atom is -0.391 e. The van der Waals surface area contributed by atoms with Crippen LogP contribution in [0.5, 0.6) is 0 Å². The summed E-state index contributed by atoms with van der Waals surface area (Å²) in [6.45, 7) is 4.57. The number of benzene rings is 3. The Morgan fingerprint density at radius 2 is 1.45 bits per heavy atom. The van der Waals surface area contributed by atoms with Crippen molar-refractivity contribution in [3.05, 3.63) is 84.2 Å². The molecule has 2 atom stereocenters. The van der Waals surface area contributed by atoms with Crippen molar-refractivity contribution in [1.82, 2.24) is 15.7 Å².